The molecule has 1 aromatic rings. The lowest BCUT2D eigenvalue weighted by Crippen LogP contribution is -2.39. The van der Waals surface area contributed by atoms with Crippen molar-refractivity contribution in [3.63, 3.8) is 0 Å². The predicted octanol–water partition coefficient (Wildman–Crippen LogP) is 1.46. The van der Waals surface area contributed by atoms with Gasteiger partial charge < -0.3 is 15.7 Å². The van der Waals surface area contributed by atoms with Crippen LogP contribution in [0.4, 0.5) is 5.82 Å². The number of hydrogen-bond acceptors (Lipinski definition) is 4. The maximum Gasteiger partial charge on any atom is 0.129 e. The molecule has 1 heterocycles. The molecule has 0 atom stereocenters. The Bertz CT molecular complexity index is 444. The Morgan fingerprint density at radius 1 is 1.50 bits per heavy atom. The van der Waals surface area contributed by atoms with Gasteiger partial charge in [-0.05, 0) is 25.0 Å². The summed E-state index contributed by atoms with van der Waals surface area (Å²) in [7, 11) is 1.93. The second kappa shape index (κ2) is 5.20. The SMILES string of the molecule is CN(CC1(O)CCCC1)c1cccc(C(N)=S)n1. The lowest BCUT2D eigenvalue weighted by atomic mass is 10.0. The fourth-order valence-corrected chi connectivity index (χ4v) is 2.60. The summed E-state index contributed by atoms with van der Waals surface area (Å²) in [6, 6.07) is 5.58. The molecule has 18 heavy (non-hydrogen) atoms. The molecule has 1 aliphatic rings. The van der Waals surface area contributed by atoms with E-state index in [1.54, 1.807) is 6.07 Å². The minimum atomic E-state index is -0.574. The van der Waals surface area contributed by atoms with E-state index < -0.39 is 5.60 Å². The summed E-state index contributed by atoms with van der Waals surface area (Å²) in [4.78, 5) is 6.66. The van der Waals surface area contributed by atoms with Crippen molar-refractivity contribution in [3.05, 3.63) is 23.9 Å². The Labute approximate surface area is 113 Å². The number of aliphatic hydroxyl groups is 1. The van der Waals surface area contributed by atoms with E-state index in [0.717, 1.165) is 31.5 Å². The molecule has 0 aromatic carbocycles. The van der Waals surface area contributed by atoms with Crippen molar-refractivity contribution >= 4 is 23.0 Å². The average molecular weight is 265 g/mol. The van der Waals surface area contributed by atoms with Crippen LogP contribution in [-0.4, -0.2) is 34.3 Å². The van der Waals surface area contributed by atoms with E-state index in [9.17, 15) is 5.11 Å². The van der Waals surface area contributed by atoms with Gasteiger partial charge in [-0.15, -0.1) is 0 Å². The number of nitrogens with zero attached hydrogens (tertiary/aromatic N) is 2. The summed E-state index contributed by atoms with van der Waals surface area (Å²) in [6.45, 7) is 0.598. The summed E-state index contributed by atoms with van der Waals surface area (Å²) >= 11 is 4.92. The maximum atomic E-state index is 10.4. The zero-order chi connectivity index (χ0) is 13.2. The van der Waals surface area contributed by atoms with E-state index in [2.05, 4.69) is 4.98 Å². The van der Waals surface area contributed by atoms with Crippen LogP contribution < -0.4 is 10.6 Å². The van der Waals surface area contributed by atoms with Crippen LogP contribution in [0.1, 0.15) is 31.4 Å². The second-order valence-electron chi connectivity index (χ2n) is 5.03. The minimum Gasteiger partial charge on any atom is -0.388 e. The van der Waals surface area contributed by atoms with Crippen LogP contribution >= 0.6 is 12.2 Å². The molecule has 1 fully saturated rings. The minimum absolute atomic E-state index is 0.296. The van der Waals surface area contributed by atoms with E-state index in [4.69, 9.17) is 18.0 Å². The van der Waals surface area contributed by atoms with E-state index in [1.807, 2.05) is 24.1 Å². The molecule has 0 saturated heterocycles. The predicted molar refractivity (Wildman–Crippen MR) is 76.8 cm³/mol. The summed E-state index contributed by atoms with van der Waals surface area (Å²) in [6.07, 6.45) is 3.94. The number of nitrogens with two attached hydrogens (primary N) is 1. The van der Waals surface area contributed by atoms with Crippen LogP contribution in [0.2, 0.25) is 0 Å². The lowest BCUT2D eigenvalue weighted by molar-refractivity contribution is 0.0558. The molecule has 1 aliphatic carbocycles. The van der Waals surface area contributed by atoms with Gasteiger partial charge in [-0.25, -0.2) is 4.98 Å². The fourth-order valence-electron chi connectivity index (χ4n) is 2.49. The third kappa shape index (κ3) is 2.97. The van der Waals surface area contributed by atoms with E-state index in [0.29, 0.717) is 17.2 Å². The average Bonchev–Trinajstić information content (AvgIpc) is 2.76. The number of pyridine rings is 1. The van der Waals surface area contributed by atoms with E-state index >= 15 is 0 Å². The van der Waals surface area contributed by atoms with Crippen LogP contribution in [0.15, 0.2) is 18.2 Å². The molecule has 2 rings (SSSR count). The molecule has 1 saturated carbocycles. The molecule has 0 radical (unpaired) electrons. The van der Waals surface area contributed by atoms with Crippen molar-refractivity contribution in [2.45, 2.75) is 31.3 Å². The standard InChI is InChI=1S/C13H19N3OS/c1-16(9-13(17)7-2-3-8-13)11-6-4-5-10(15-11)12(14)18/h4-6,17H,2-3,7-9H2,1H3,(H2,14,18). The molecule has 0 spiro atoms. The normalized spacial score (nSPS) is 17.7. The van der Waals surface area contributed by atoms with Gasteiger partial charge in [0.25, 0.3) is 0 Å². The summed E-state index contributed by atoms with van der Waals surface area (Å²) in [5.41, 5.74) is 5.62. The quantitative estimate of drug-likeness (QED) is 0.807. The Balaban J connectivity index is 2.10. The van der Waals surface area contributed by atoms with Gasteiger partial charge >= 0.3 is 0 Å². The molecule has 5 heteroatoms. The number of anilines is 1. The van der Waals surface area contributed by atoms with Gasteiger partial charge in [0.15, 0.2) is 0 Å². The highest BCUT2D eigenvalue weighted by atomic mass is 32.1. The van der Waals surface area contributed by atoms with Crippen molar-refractivity contribution in [2.24, 2.45) is 5.73 Å². The molecule has 3 N–H and O–H groups in total. The van der Waals surface area contributed by atoms with Gasteiger partial charge in [0.2, 0.25) is 0 Å². The van der Waals surface area contributed by atoms with Crippen molar-refractivity contribution in [3.8, 4) is 0 Å². The van der Waals surface area contributed by atoms with Crippen molar-refractivity contribution < 1.29 is 5.11 Å². The molecule has 0 bridgehead atoms. The van der Waals surface area contributed by atoms with Crippen molar-refractivity contribution in [1.82, 2.24) is 4.98 Å². The van der Waals surface area contributed by atoms with Gasteiger partial charge in [-0.3, -0.25) is 0 Å². The maximum absolute atomic E-state index is 10.4. The van der Waals surface area contributed by atoms with Crippen molar-refractivity contribution in [1.29, 1.82) is 0 Å². The van der Waals surface area contributed by atoms with Crippen LogP contribution in [-0.2, 0) is 0 Å². The number of likely N-dealkylation sites (N-methyl/N-ethyl adjacent to an activating group) is 1. The van der Waals surface area contributed by atoms with Gasteiger partial charge in [-0.2, -0.15) is 0 Å². The third-order valence-corrected chi connectivity index (χ3v) is 3.65. The zero-order valence-corrected chi connectivity index (χ0v) is 11.4. The summed E-state index contributed by atoms with van der Waals surface area (Å²) in [5.74, 6) is 0.792. The zero-order valence-electron chi connectivity index (χ0n) is 10.6. The lowest BCUT2D eigenvalue weighted by Gasteiger charge is -2.29. The molecule has 0 unspecified atom stereocenters. The Hall–Kier alpha value is -1.20. The molecular weight excluding hydrogens is 246 g/mol. The van der Waals surface area contributed by atoms with Crippen molar-refractivity contribution in [2.75, 3.05) is 18.5 Å². The Morgan fingerprint density at radius 2 is 2.17 bits per heavy atom. The van der Waals surface area contributed by atoms with Crippen LogP contribution in [0.3, 0.4) is 0 Å². The van der Waals surface area contributed by atoms with Gasteiger partial charge in [0.05, 0.1) is 11.3 Å². The molecule has 1 aromatic heterocycles. The van der Waals surface area contributed by atoms with Crippen LogP contribution in [0.25, 0.3) is 0 Å². The first-order valence-electron chi connectivity index (χ1n) is 6.21. The molecule has 0 amide bonds. The monoisotopic (exact) mass is 265 g/mol. The largest absolute Gasteiger partial charge is 0.388 e. The first-order valence-corrected chi connectivity index (χ1v) is 6.61. The third-order valence-electron chi connectivity index (χ3n) is 3.44. The van der Waals surface area contributed by atoms with Gasteiger partial charge in [-0.1, -0.05) is 31.1 Å². The van der Waals surface area contributed by atoms with Gasteiger partial charge in [0, 0.05) is 13.6 Å². The second-order valence-corrected chi connectivity index (χ2v) is 5.47. The van der Waals surface area contributed by atoms with Gasteiger partial charge in [0.1, 0.15) is 10.8 Å². The highest BCUT2D eigenvalue weighted by molar-refractivity contribution is 7.80. The number of aromatic nitrogens is 1. The molecule has 0 aliphatic heterocycles. The first-order chi connectivity index (χ1) is 8.50. The van der Waals surface area contributed by atoms with Crippen LogP contribution in [0, 0.1) is 0 Å². The smallest absolute Gasteiger partial charge is 0.129 e. The summed E-state index contributed by atoms with van der Waals surface area (Å²) in [5, 5.41) is 10.4. The summed E-state index contributed by atoms with van der Waals surface area (Å²) < 4.78 is 0. The molecule has 98 valence electrons. The number of thiocarbonyl (C=S) groups is 1. The first kappa shape index (κ1) is 13.2. The Kier molecular flexibility index (Phi) is 3.82. The number of hydrogen-bond donors (Lipinski definition) is 2. The van der Waals surface area contributed by atoms with Crippen LogP contribution in [0.5, 0.6) is 0 Å². The highest BCUT2D eigenvalue weighted by Crippen LogP contribution is 2.30. The topological polar surface area (TPSA) is 62.4 Å². The number of rotatable bonds is 4. The highest BCUT2D eigenvalue weighted by Gasteiger charge is 2.32. The fraction of sp³-hybridized carbons (Fsp3) is 0.538. The van der Waals surface area contributed by atoms with E-state index in [-0.39, 0.29) is 0 Å². The molecule has 4 nitrogen and oxygen atoms in total. The Morgan fingerprint density at radius 3 is 2.78 bits per heavy atom. The van der Waals surface area contributed by atoms with E-state index in [1.165, 1.54) is 0 Å². The molecular formula is C13H19N3OS.